The number of urea groups is 1. The maximum absolute atomic E-state index is 12.5. The number of carbonyl (C=O) groups excluding carboxylic acids is 2. The van der Waals surface area contributed by atoms with Gasteiger partial charge in [0, 0.05) is 29.9 Å². The van der Waals surface area contributed by atoms with E-state index in [1.54, 1.807) is 31.4 Å². The number of hydrogen-bond acceptors (Lipinski definition) is 4. The fourth-order valence-electron chi connectivity index (χ4n) is 3.76. The Bertz CT molecular complexity index is 848. The molecule has 0 aromatic heterocycles. The number of amides is 3. The van der Waals surface area contributed by atoms with Gasteiger partial charge in [0.1, 0.15) is 5.75 Å². The van der Waals surface area contributed by atoms with Crippen LogP contribution in [-0.4, -0.2) is 50.1 Å². The van der Waals surface area contributed by atoms with Gasteiger partial charge in [-0.25, -0.2) is 4.79 Å². The van der Waals surface area contributed by atoms with Crippen LogP contribution in [0.4, 0.5) is 10.5 Å². The van der Waals surface area contributed by atoms with Crippen molar-refractivity contribution >= 4 is 17.6 Å². The lowest BCUT2D eigenvalue weighted by molar-refractivity contribution is 0.0956. The highest BCUT2D eigenvalue weighted by Crippen LogP contribution is 2.31. The highest BCUT2D eigenvalue weighted by Gasteiger charge is 2.26. The molecule has 3 rings (SSSR count). The first-order chi connectivity index (χ1) is 14.6. The van der Waals surface area contributed by atoms with Crippen molar-refractivity contribution in [2.75, 3.05) is 38.6 Å². The number of para-hydroxylation sites is 1. The van der Waals surface area contributed by atoms with Gasteiger partial charge in [-0.2, -0.15) is 0 Å². The van der Waals surface area contributed by atoms with E-state index in [2.05, 4.69) is 26.9 Å². The molecular weight excluding hydrogens is 380 g/mol. The van der Waals surface area contributed by atoms with Crippen LogP contribution in [-0.2, 0) is 0 Å². The summed E-state index contributed by atoms with van der Waals surface area (Å²) in [6, 6.07) is 14.6. The van der Waals surface area contributed by atoms with Crippen molar-refractivity contribution in [2.45, 2.75) is 25.8 Å². The third-order valence-electron chi connectivity index (χ3n) is 5.28. The fraction of sp³-hybridized carbons (Fsp3) is 0.391. The van der Waals surface area contributed by atoms with Crippen molar-refractivity contribution in [1.82, 2.24) is 15.5 Å². The first-order valence-electron chi connectivity index (χ1n) is 10.4. The Morgan fingerprint density at radius 2 is 1.73 bits per heavy atom. The van der Waals surface area contributed by atoms with Crippen LogP contribution in [0.25, 0.3) is 0 Å². The zero-order valence-corrected chi connectivity index (χ0v) is 17.6. The van der Waals surface area contributed by atoms with Gasteiger partial charge in [-0.15, -0.1) is 0 Å². The average Bonchev–Trinajstić information content (AvgIpc) is 3.29. The van der Waals surface area contributed by atoms with Crippen LogP contribution < -0.4 is 20.7 Å². The number of carbonyl (C=O) groups is 2. The highest BCUT2D eigenvalue weighted by molar-refractivity contribution is 5.95. The standard InChI is InChI=1S/C23H30N4O3/c1-3-24-22(28)17-10-12-18(13-11-17)26-23(29)25-16-20(27-14-6-7-15-27)19-8-4-5-9-21(19)30-2/h4-5,8-13,20H,3,6-7,14-16H2,1-2H3,(H,24,28)(H2,25,26,29). The number of anilines is 1. The van der Waals surface area contributed by atoms with Gasteiger partial charge in [-0.05, 0) is 63.2 Å². The minimum absolute atomic E-state index is 0.0505. The number of nitrogens with one attached hydrogen (secondary N) is 3. The van der Waals surface area contributed by atoms with Crippen LogP contribution in [0.15, 0.2) is 48.5 Å². The summed E-state index contributed by atoms with van der Waals surface area (Å²) in [6.45, 7) is 4.94. The molecule has 0 aliphatic carbocycles. The average molecular weight is 411 g/mol. The van der Waals surface area contributed by atoms with E-state index in [1.807, 2.05) is 25.1 Å². The predicted octanol–water partition coefficient (Wildman–Crippen LogP) is 3.40. The lowest BCUT2D eigenvalue weighted by Gasteiger charge is -2.29. The van der Waals surface area contributed by atoms with E-state index in [1.165, 1.54) is 0 Å². The van der Waals surface area contributed by atoms with Gasteiger partial charge < -0.3 is 20.7 Å². The van der Waals surface area contributed by atoms with Crippen molar-refractivity contribution in [3.8, 4) is 5.75 Å². The number of likely N-dealkylation sites (tertiary alicyclic amines) is 1. The first kappa shape index (κ1) is 21.6. The quantitative estimate of drug-likeness (QED) is 0.623. The predicted molar refractivity (Wildman–Crippen MR) is 118 cm³/mol. The molecule has 1 heterocycles. The SMILES string of the molecule is CCNC(=O)c1ccc(NC(=O)NCC(c2ccccc2OC)N2CCCC2)cc1. The minimum Gasteiger partial charge on any atom is -0.496 e. The summed E-state index contributed by atoms with van der Waals surface area (Å²) in [5.41, 5.74) is 2.28. The van der Waals surface area contributed by atoms with E-state index in [0.717, 1.165) is 37.2 Å². The van der Waals surface area contributed by atoms with Gasteiger partial charge in [0.25, 0.3) is 5.91 Å². The second-order valence-corrected chi connectivity index (χ2v) is 7.27. The third-order valence-corrected chi connectivity index (χ3v) is 5.28. The molecular formula is C23H30N4O3. The molecule has 0 radical (unpaired) electrons. The Kier molecular flexibility index (Phi) is 7.68. The lowest BCUT2D eigenvalue weighted by Crippen LogP contribution is -2.38. The Labute approximate surface area is 177 Å². The highest BCUT2D eigenvalue weighted by atomic mass is 16.5. The summed E-state index contributed by atoms with van der Waals surface area (Å²) < 4.78 is 5.55. The Morgan fingerprint density at radius 3 is 2.40 bits per heavy atom. The molecule has 1 atom stereocenters. The Balaban J connectivity index is 1.62. The lowest BCUT2D eigenvalue weighted by atomic mass is 10.0. The molecule has 0 spiro atoms. The third kappa shape index (κ3) is 5.51. The molecule has 1 saturated heterocycles. The van der Waals surface area contributed by atoms with E-state index in [9.17, 15) is 9.59 Å². The second-order valence-electron chi connectivity index (χ2n) is 7.27. The molecule has 1 fully saturated rings. The number of ether oxygens (including phenoxy) is 1. The van der Waals surface area contributed by atoms with Gasteiger partial charge >= 0.3 is 6.03 Å². The molecule has 2 aromatic carbocycles. The second kappa shape index (κ2) is 10.6. The number of methoxy groups -OCH3 is 1. The molecule has 1 aliphatic heterocycles. The van der Waals surface area contributed by atoms with Crippen molar-refractivity contribution in [1.29, 1.82) is 0 Å². The normalized spacial score (nSPS) is 14.7. The van der Waals surface area contributed by atoms with Crippen LogP contribution >= 0.6 is 0 Å². The zero-order chi connectivity index (χ0) is 21.3. The van der Waals surface area contributed by atoms with Crippen LogP contribution in [0.1, 0.15) is 41.7 Å². The summed E-state index contributed by atoms with van der Waals surface area (Å²) in [6.07, 6.45) is 2.33. The summed E-state index contributed by atoms with van der Waals surface area (Å²) in [4.78, 5) is 26.7. The van der Waals surface area contributed by atoms with Crippen LogP contribution in [0, 0.1) is 0 Å². The molecule has 1 unspecified atom stereocenters. The van der Waals surface area contributed by atoms with E-state index in [-0.39, 0.29) is 18.0 Å². The van der Waals surface area contributed by atoms with Crippen LogP contribution in [0.5, 0.6) is 5.75 Å². The van der Waals surface area contributed by atoms with Gasteiger partial charge in [0.05, 0.1) is 13.2 Å². The molecule has 7 nitrogen and oxygen atoms in total. The van der Waals surface area contributed by atoms with E-state index in [4.69, 9.17) is 4.74 Å². The summed E-state index contributed by atoms with van der Waals surface area (Å²) in [7, 11) is 1.67. The number of nitrogens with zero attached hydrogens (tertiary/aromatic N) is 1. The van der Waals surface area contributed by atoms with Gasteiger partial charge in [0.15, 0.2) is 0 Å². The molecule has 7 heteroatoms. The number of benzene rings is 2. The molecule has 3 N–H and O–H groups in total. The Morgan fingerprint density at radius 1 is 1.03 bits per heavy atom. The fourth-order valence-corrected chi connectivity index (χ4v) is 3.76. The minimum atomic E-state index is -0.278. The summed E-state index contributed by atoms with van der Waals surface area (Å²) in [5, 5.41) is 8.58. The molecule has 1 aliphatic rings. The monoisotopic (exact) mass is 410 g/mol. The molecule has 0 bridgehead atoms. The Hall–Kier alpha value is -3.06. The van der Waals surface area contributed by atoms with E-state index >= 15 is 0 Å². The topological polar surface area (TPSA) is 82.7 Å². The van der Waals surface area contributed by atoms with Crippen molar-refractivity contribution in [2.24, 2.45) is 0 Å². The smallest absolute Gasteiger partial charge is 0.319 e. The number of hydrogen-bond donors (Lipinski definition) is 3. The van der Waals surface area contributed by atoms with E-state index in [0.29, 0.717) is 24.3 Å². The molecule has 30 heavy (non-hydrogen) atoms. The first-order valence-corrected chi connectivity index (χ1v) is 10.4. The van der Waals surface area contributed by atoms with Crippen LogP contribution in [0.2, 0.25) is 0 Å². The van der Waals surface area contributed by atoms with Crippen molar-refractivity contribution in [3.63, 3.8) is 0 Å². The summed E-state index contributed by atoms with van der Waals surface area (Å²) >= 11 is 0. The van der Waals surface area contributed by atoms with E-state index < -0.39 is 0 Å². The molecule has 160 valence electrons. The van der Waals surface area contributed by atoms with Crippen LogP contribution in [0.3, 0.4) is 0 Å². The van der Waals surface area contributed by atoms with Crippen molar-refractivity contribution < 1.29 is 14.3 Å². The molecule has 2 aromatic rings. The number of rotatable bonds is 8. The van der Waals surface area contributed by atoms with Gasteiger partial charge in [-0.1, -0.05) is 18.2 Å². The maximum atomic E-state index is 12.5. The van der Waals surface area contributed by atoms with Crippen molar-refractivity contribution in [3.05, 3.63) is 59.7 Å². The zero-order valence-electron chi connectivity index (χ0n) is 17.6. The van der Waals surface area contributed by atoms with Gasteiger partial charge in [-0.3, -0.25) is 9.69 Å². The molecule has 0 saturated carbocycles. The maximum Gasteiger partial charge on any atom is 0.319 e. The van der Waals surface area contributed by atoms with Gasteiger partial charge in [0.2, 0.25) is 0 Å². The summed E-state index contributed by atoms with van der Waals surface area (Å²) in [5.74, 6) is 0.705. The largest absolute Gasteiger partial charge is 0.496 e. The molecule has 3 amide bonds.